The maximum atomic E-state index is 10.8. The first-order chi connectivity index (χ1) is 9.56. The molecule has 0 saturated carbocycles. The number of aromatic carboxylic acids is 1. The Kier molecular flexibility index (Phi) is 5.34. The molecule has 20 heavy (non-hydrogen) atoms. The summed E-state index contributed by atoms with van der Waals surface area (Å²) in [5.41, 5.74) is 2.26. The highest BCUT2D eigenvalue weighted by molar-refractivity contribution is 9.10. The summed E-state index contributed by atoms with van der Waals surface area (Å²) in [7, 11) is 0. The summed E-state index contributed by atoms with van der Waals surface area (Å²) < 4.78 is 7.40. The first kappa shape index (κ1) is 15.2. The molecule has 0 heterocycles. The normalized spacial score (nSPS) is 10.5. The summed E-state index contributed by atoms with van der Waals surface area (Å²) in [4.78, 5) is 10.8. The number of carbonyl (C=O) groups is 1. The smallest absolute Gasteiger partial charge is 0.335 e. The Labute approximate surface area is 133 Å². The molecule has 3 nitrogen and oxygen atoms in total. The van der Waals surface area contributed by atoms with E-state index in [1.807, 2.05) is 24.3 Å². The van der Waals surface area contributed by atoms with Crippen LogP contribution in [0.3, 0.4) is 0 Å². The minimum absolute atomic E-state index is 0.257. The van der Waals surface area contributed by atoms with Crippen LogP contribution in [-0.4, -0.2) is 11.1 Å². The van der Waals surface area contributed by atoms with Gasteiger partial charge in [0, 0.05) is 8.95 Å². The molecule has 0 spiro atoms. The zero-order valence-corrected chi connectivity index (χ0v) is 13.6. The second-order valence-electron chi connectivity index (χ2n) is 4.23. The molecule has 2 rings (SSSR count). The summed E-state index contributed by atoms with van der Waals surface area (Å²) in [5.74, 6) is -0.938. The summed E-state index contributed by atoms with van der Waals surface area (Å²) in [5, 5.41) is 8.89. The van der Waals surface area contributed by atoms with Crippen LogP contribution in [0.25, 0.3) is 0 Å². The summed E-state index contributed by atoms with van der Waals surface area (Å²) in [6.07, 6.45) is 0. The van der Waals surface area contributed by atoms with Crippen molar-refractivity contribution >= 4 is 37.8 Å². The maximum absolute atomic E-state index is 10.8. The lowest BCUT2D eigenvalue weighted by atomic mass is 10.1. The van der Waals surface area contributed by atoms with Crippen molar-refractivity contribution in [2.75, 3.05) is 0 Å². The van der Waals surface area contributed by atoms with Crippen LogP contribution in [0.5, 0.6) is 0 Å². The van der Waals surface area contributed by atoms with Crippen LogP contribution in [0.15, 0.2) is 51.4 Å². The molecule has 0 bridgehead atoms. The van der Waals surface area contributed by atoms with Crippen molar-refractivity contribution in [1.82, 2.24) is 0 Å². The van der Waals surface area contributed by atoms with Gasteiger partial charge in [-0.15, -0.1) is 0 Å². The molecule has 0 amide bonds. The van der Waals surface area contributed by atoms with Crippen LogP contribution in [0.1, 0.15) is 21.5 Å². The Morgan fingerprint density at radius 2 is 1.90 bits per heavy atom. The quantitative estimate of drug-likeness (QED) is 0.797. The molecule has 2 aromatic carbocycles. The Balaban J connectivity index is 1.96. The van der Waals surface area contributed by atoms with Crippen molar-refractivity contribution in [3.05, 3.63) is 68.1 Å². The van der Waals surface area contributed by atoms with Crippen molar-refractivity contribution in [2.45, 2.75) is 13.2 Å². The van der Waals surface area contributed by atoms with E-state index in [1.54, 1.807) is 18.2 Å². The van der Waals surface area contributed by atoms with Crippen molar-refractivity contribution in [2.24, 2.45) is 0 Å². The monoisotopic (exact) mass is 398 g/mol. The van der Waals surface area contributed by atoms with Crippen molar-refractivity contribution in [3.8, 4) is 0 Å². The molecule has 0 atom stereocenters. The summed E-state index contributed by atoms with van der Waals surface area (Å²) in [6.45, 7) is 0.930. The van der Waals surface area contributed by atoms with Crippen LogP contribution in [0.2, 0.25) is 0 Å². The fraction of sp³-hybridized carbons (Fsp3) is 0.133. The highest BCUT2D eigenvalue weighted by Crippen LogP contribution is 2.20. The number of benzene rings is 2. The molecule has 0 aromatic heterocycles. The van der Waals surface area contributed by atoms with Crippen molar-refractivity contribution in [1.29, 1.82) is 0 Å². The van der Waals surface area contributed by atoms with E-state index < -0.39 is 5.97 Å². The minimum atomic E-state index is -0.938. The lowest BCUT2D eigenvalue weighted by molar-refractivity contribution is 0.0696. The zero-order chi connectivity index (χ0) is 14.5. The number of halogens is 2. The summed E-state index contributed by atoms with van der Waals surface area (Å²) in [6, 6.07) is 12.8. The fourth-order valence-electron chi connectivity index (χ4n) is 1.70. The molecule has 0 saturated heterocycles. The van der Waals surface area contributed by atoms with E-state index >= 15 is 0 Å². The van der Waals surface area contributed by atoms with Gasteiger partial charge in [-0.2, -0.15) is 0 Å². The maximum Gasteiger partial charge on any atom is 0.335 e. The van der Waals surface area contributed by atoms with Gasteiger partial charge < -0.3 is 9.84 Å². The van der Waals surface area contributed by atoms with Gasteiger partial charge in [0.1, 0.15) is 0 Å². The van der Waals surface area contributed by atoms with Gasteiger partial charge in [0.15, 0.2) is 0 Å². The average molecular weight is 400 g/mol. The van der Waals surface area contributed by atoms with Gasteiger partial charge in [-0.25, -0.2) is 4.79 Å². The molecule has 5 heteroatoms. The fourth-order valence-corrected chi connectivity index (χ4v) is 2.64. The van der Waals surface area contributed by atoms with Gasteiger partial charge in [0.05, 0.1) is 18.8 Å². The molecule has 1 N–H and O–H groups in total. The molecular weight excluding hydrogens is 388 g/mol. The number of carboxylic acids is 1. The van der Waals surface area contributed by atoms with Gasteiger partial charge >= 0.3 is 5.97 Å². The second kappa shape index (κ2) is 7.02. The molecular formula is C15H12Br2O3. The first-order valence-electron chi connectivity index (χ1n) is 5.90. The molecule has 0 radical (unpaired) electrons. The number of hydrogen-bond acceptors (Lipinski definition) is 2. The molecule has 0 fully saturated rings. The van der Waals surface area contributed by atoms with Gasteiger partial charge in [0.25, 0.3) is 0 Å². The number of hydrogen-bond donors (Lipinski definition) is 1. The second-order valence-corrected chi connectivity index (χ2v) is 6.00. The van der Waals surface area contributed by atoms with E-state index in [-0.39, 0.29) is 5.56 Å². The molecule has 2 aromatic rings. The van der Waals surface area contributed by atoms with E-state index in [2.05, 4.69) is 31.9 Å². The first-order valence-corrected chi connectivity index (χ1v) is 7.49. The topological polar surface area (TPSA) is 46.5 Å². The van der Waals surface area contributed by atoms with Crippen LogP contribution in [0, 0.1) is 0 Å². The highest BCUT2D eigenvalue weighted by atomic mass is 79.9. The molecule has 0 aliphatic carbocycles. The van der Waals surface area contributed by atoms with Crippen molar-refractivity contribution in [3.63, 3.8) is 0 Å². The number of carboxylic acid groups (broad SMARTS) is 1. The van der Waals surface area contributed by atoms with Gasteiger partial charge in [0.2, 0.25) is 0 Å². The minimum Gasteiger partial charge on any atom is -0.478 e. The highest BCUT2D eigenvalue weighted by Gasteiger charge is 2.07. The van der Waals surface area contributed by atoms with Crippen molar-refractivity contribution < 1.29 is 14.6 Å². The number of rotatable bonds is 5. The van der Waals surface area contributed by atoms with Gasteiger partial charge in [-0.3, -0.25) is 0 Å². The predicted octanol–water partition coefficient (Wildman–Crippen LogP) is 4.63. The molecule has 0 aliphatic rings. The van der Waals surface area contributed by atoms with Crippen LogP contribution < -0.4 is 0 Å². The van der Waals surface area contributed by atoms with Crippen LogP contribution >= 0.6 is 31.9 Å². The van der Waals surface area contributed by atoms with E-state index in [0.29, 0.717) is 13.2 Å². The third-order valence-corrected chi connectivity index (χ3v) is 3.95. The van der Waals surface area contributed by atoms with E-state index in [0.717, 1.165) is 20.1 Å². The van der Waals surface area contributed by atoms with Crippen LogP contribution in [0.4, 0.5) is 0 Å². The van der Waals surface area contributed by atoms with Gasteiger partial charge in [-0.1, -0.05) is 50.1 Å². The van der Waals surface area contributed by atoms with E-state index in [9.17, 15) is 4.79 Å². The van der Waals surface area contributed by atoms with Gasteiger partial charge in [-0.05, 0) is 35.4 Å². The lowest BCUT2D eigenvalue weighted by Gasteiger charge is -2.07. The third-order valence-electron chi connectivity index (χ3n) is 2.72. The number of ether oxygens (including phenoxy) is 1. The largest absolute Gasteiger partial charge is 0.478 e. The zero-order valence-electron chi connectivity index (χ0n) is 10.5. The lowest BCUT2D eigenvalue weighted by Crippen LogP contribution is -1.99. The Morgan fingerprint density at radius 1 is 1.10 bits per heavy atom. The molecule has 0 aliphatic heterocycles. The average Bonchev–Trinajstić information content (AvgIpc) is 2.40. The predicted molar refractivity (Wildman–Crippen MR) is 83.7 cm³/mol. The van der Waals surface area contributed by atoms with Crippen LogP contribution in [-0.2, 0) is 18.0 Å². The SMILES string of the molecule is O=C(O)c1ccc(COCc2cccc(Br)c2)c(Br)c1. The molecule has 104 valence electrons. The summed E-state index contributed by atoms with van der Waals surface area (Å²) >= 11 is 6.78. The Hall–Kier alpha value is -1.17. The molecule has 0 unspecified atom stereocenters. The standard InChI is InChI=1S/C15H12Br2O3/c16-13-3-1-2-10(6-13)8-20-9-12-5-4-11(15(18)19)7-14(12)17/h1-7H,8-9H2,(H,18,19). The Bertz CT molecular complexity index is 626. The van der Waals surface area contributed by atoms with E-state index in [1.165, 1.54) is 0 Å². The Morgan fingerprint density at radius 3 is 2.55 bits per heavy atom. The van der Waals surface area contributed by atoms with E-state index in [4.69, 9.17) is 9.84 Å². The third kappa shape index (κ3) is 4.16.